The number of carbonyl (C=O) groups excluding carboxylic acids is 2. The number of aliphatic imine (C=N–C) groups is 1. The highest BCUT2D eigenvalue weighted by molar-refractivity contribution is 5.98. The molecule has 1 aliphatic carbocycles. The molecule has 1 saturated carbocycles. The molecule has 4 N–H and O–H groups in total. The summed E-state index contributed by atoms with van der Waals surface area (Å²) in [6, 6.07) is 4.87. The Morgan fingerprint density at radius 2 is 1.90 bits per heavy atom. The quantitative estimate of drug-likeness (QED) is 0.428. The summed E-state index contributed by atoms with van der Waals surface area (Å²) in [5.41, 5.74) is 6.66. The molecule has 8 nitrogen and oxygen atoms in total. The average Bonchev–Trinajstić information content (AvgIpc) is 2.63. The van der Waals surface area contributed by atoms with E-state index in [1.54, 1.807) is 25.3 Å². The van der Waals surface area contributed by atoms with Crippen molar-refractivity contribution in [3.8, 4) is 11.5 Å². The van der Waals surface area contributed by atoms with Gasteiger partial charge in [-0.2, -0.15) is 0 Å². The third-order valence-electron chi connectivity index (χ3n) is 4.82. The Balaban J connectivity index is 1.99. The van der Waals surface area contributed by atoms with Crippen molar-refractivity contribution in [3.05, 3.63) is 23.8 Å². The highest BCUT2D eigenvalue weighted by atomic mass is 16.5. The lowest BCUT2D eigenvalue weighted by atomic mass is 9.92. The van der Waals surface area contributed by atoms with Crippen molar-refractivity contribution in [2.75, 3.05) is 14.2 Å². The first-order chi connectivity index (χ1) is 13.8. The first kappa shape index (κ1) is 22.5. The lowest BCUT2D eigenvalue weighted by Crippen LogP contribution is -2.46. The monoisotopic (exact) mass is 404 g/mol. The van der Waals surface area contributed by atoms with Gasteiger partial charge in [-0.15, -0.1) is 0 Å². The summed E-state index contributed by atoms with van der Waals surface area (Å²) in [5, 5.41) is 5.57. The number of hydrogen-bond acceptors (Lipinski definition) is 5. The summed E-state index contributed by atoms with van der Waals surface area (Å²) < 4.78 is 10.4. The van der Waals surface area contributed by atoms with Gasteiger partial charge in [0.2, 0.25) is 11.8 Å². The molecule has 8 heteroatoms. The van der Waals surface area contributed by atoms with E-state index in [9.17, 15) is 9.59 Å². The molecular weight excluding hydrogens is 372 g/mol. The fraction of sp³-hybridized carbons (Fsp3) is 0.571. The van der Waals surface area contributed by atoms with Crippen LogP contribution >= 0.6 is 0 Å². The number of guanidine groups is 1. The molecule has 0 aromatic heterocycles. The summed E-state index contributed by atoms with van der Waals surface area (Å²) in [7, 11) is 3.09. The Hall–Kier alpha value is -2.77. The van der Waals surface area contributed by atoms with Gasteiger partial charge in [0.15, 0.2) is 17.5 Å². The van der Waals surface area contributed by atoms with Gasteiger partial charge < -0.3 is 20.5 Å². The van der Waals surface area contributed by atoms with Gasteiger partial charge in [-0.25, -0.2) is 4.99 Å². The van der Waals surface area contributed by atoms with E-state index >= 15 is 0 Å². The number of hydrogen-bond donors (Lipinski definition) is 3. The van der Waals surface area contributed by atoms with Crippen LogP contribution < -0.4 is 25.8 Å². The second kappa shape index (κ2) is 10.7. The summed E-state index contributed by atoms with van der Waals surface area (Å²) in [5.74, 6) is 0.897. The van der Waals surface area contributed by atoms with Crippen LogP contribution in [0, 0.1) is 5.92 Å². The van der Waals surface area contributed by atoms with Gasteiger partial charge in [-0.1, -0.05) is 19.9 Å². The number of nitrogens with zero attached hydrogens (tertiary/aromatic N) is 1. The minimum absolute atomic E-state index is 0.0510. The maximum absolute atomic E-state index is 12.5. The molecule has 1 fully saturated rings. The van der Waals surface area contributed by atoms with Crippen LogP contribution in [0.25, 0.3) is 0 Å². The number of ether oxygens (including phenoxy) is 2. The van der Waals surface area contributed by atoms with Crippen molar-refractivity contribution in [1.82, 2.24) is 10.6 Å². The second-order valence-corrected chi connectivity index (χ2v) is 7.71. The number of methoxy groups -OCH3 is 2. The number of benzene rings is 1. The lowest BCUT2D eigenvalue weighted by Gasteiger charge is -2.28. The largest absolute Gasteiger partial charge is 0.493 e. The average molecular weight is 405 g/mol. The smallest absolute Gasteiger partial charge is 0.245 e. The molecular formula is C21H32N4O4. The SMILES string of the molecule is COc1ccc(CC(=O)NC(N)=NC(CC(C)C)C(=O)NC2CCC2)cc1OC. The zero-order valence-electron chi connectivity index (χ0n) is 17.7. The van der Waals surface area contributed by atoms with E-state index in [2.05, 4.69) is 15.6 Å². The van der Waals surface area contributed by atoms with Gasteiger partial charge in [0.25, 0.3) is 0 Å². The van der Waals surface area contributed by atoms with E-state index in [1.807, 2.05) is 13.8 Å². The van der Waals surface area contributed by atoms with Crippen molar-refractivity contribution >= 4 is 17.8 Å². The minimum atomic E-state index is -0.614. The molecule has 2 amide bonds. The molecule has 1 aromatic rings. The van der Waals surface area contributed by atoms with E-state index in [0.29, 0.717) is 17.9 Å². The molecule has 2 rings (SSSR count). The molecule has 1 aromatic carbocycles. The zero-order chi connectivity index (χ0) is 21.4. The second-order valence-electron chi connectivity index (χ2n) is 7.71. The van der Waals surface area contributed by atoms with Gasteiger partial charge in [0.1, 0.15) is 6.04 Å². The molecule has 29 heavy (non-hydrogen) atoms. The lowest BCUT2D eigenvalue weighted by molar-refractivity contribution is -0.124. The molecule has 0 spiro atoms. The van der Waals surface area contributed by atoms with Crippen LogP contribution in [0.1, 0.15) is 45.1 Å². The minimum Gasteiger partial charge on any atom is -0.493 e. The maximum atomic E-state index is 12.5. The Morgan fingerprint density at radius 3 is 2.45 bits per heavy atom. The molecule has 0 bridgehead atoms. The molecule has 1 atom stereocenters. The van der Waals surface area contributed by atoms with Crippen molar-refractivity contribution in [2.24, 2.45) is 16.6 Å². The van der Waals surface area contributed by atoms with Gasteiger partial charge in [-0.05, 0) is 49.3 Å². The summed E-state index contributed by atoms with van der Waals surface area (Å²) in [4.78, 5) is 29.1. The fourth-order valence-electron chi connectivity index (χ4n) is 3.08. The van der Waals surface area contributed by atoms with Crippen LogP contribution in [0.5, 0.6) is 11.5 Å². The van der Waals surface area contributed by atoms with Gasteiger partial charge in [0, 0.05) is 6.04 Å². The van der Waals surface area contributed by atoms with E-state index in [0.717, 1.165) is 24.8 Å². The van der Waals surface area contributed by atoms with Gasteiger partial charge >= 0.3 is 0 Å². The number of nitrogens with two attached hydrogens (primary N) is 1. The predicted molar refractivity (Wildman–Crippen MR) is 112 cm³/mol. The van der Waals surface area contributed by atoms with Crippen LogP contribution in [-0.4, -0.2) is 44.1 Å². The number of rotatable bonds is 9. The molecule has 0 saturated heterocycles. The Morgan fingerprint density at radius 1 is 1.21 bits per heavy atom. The topological polar surface area (TPSA) is 115 Å². The number of nitrogens with one attached hydrogen (secondary N) is 2. The molecule has 1 aliphatic rings. The van der Waals surface area contributed by atoms with Crippen LogP contribution in [0.2, 0.25) is 0 Å². The highest BCUT2D eigenvalue weighted by Crippen LogP contribution is 2.27. The normalized spacial score (nSPS) is 15.4. The first-order valence-electron chi connectivity index (χ1n) is 9.96. The van der Waals surface area contributed by atoms with Crippen molar-refractivity contribution in [3.63, 3.8) is 0 Å². The molecule has 1 unspecified atom stereocenters. The molecule has 0 radical (unpaired) electrons. The van der Waals surface area contributed by atoms with Crippen LogP contribution in [0.3, 0.4) is 0 Å². The molecule has 0 heterocycles. The standard InChI is InChI=1S/C21H32N4O4/c1-13(2)10-16(20(27)23-15-6-5-7-15)24-21(22)25-19(26)12-14-8-9-17(28-3)18(11-14)29-4/h8-9,11,13,15-16H,5-7,10,12H2,1-4H3,(H,23,27)(H3,22,24,25,26). The van der Waals surface area contributed by atoms with Gasteiger partial charge in [0.05, 0.1) is 20.6 Å². The molecule has 0 aliphatic heterocycles. The van der Waals surface area contributed by atoms with Crippen molar-refractivity contribution in [1.29, 1.82) is 0 Å². The van der Waals surface area contributed by atoms with E-state index in [1.165, 1.54) is 7.11 Å². The van der Waals surface area contributed by atoms with E-state index in [4.69, 9.17) is 15.2 Å². The highest BCUT2D eigenvalue weighted by Gasteiger charge is 2.25. The fourth-order valence-corrected chi connectivity index (χ4v) is 3.08. The summed E-state index contributed by atoms with van der Waals surface area (Å²) in [6.07, 6.45) is 3.80. The predicted octanol–water partition coefficient (Wildman–Crippen LogP) is 1.76. The molecule has 160 valence electrons. The Bertz CT molecular complexity index is 744. The van der Waals surface area contributed by atoms with Crippen LogP contribution in [0.4, 0.5) is 0 Å². The Labute approximate surface area is 172 Å². The summed E-state index contributed by atoms with van der Waals surface area (Å²) >= 11 is 0. The van der Waals surface area contributed by atoms with Crippen LogP contribution in [0.15, 0.2) is 23.2 Å². The van der Waals surface area contributed by atoms with Crippen LogP contribution in [-0.2, 0) is 16.0 Å². The van der Waals surface area contributed by atoms with E-state index < -0.39 is 6.04 Å². The van der Waals surface area contributed by atoms with Gasteiger partial charge in [-0.3, -0.25) is 14.9 Å². The number of amides is 2. The Kier molecular flexibility index (Phi) is 8.30. The zero-order valence-corrected chi connectivity index (χ0v) is 17.7. The third kappa shape index (κ3) is 6.96. The van der Waals surface area contributed by atoms with Crippen molar-refractivity contribution in [2.45, 2.75) is 58.0 Å². The van der Waals surface area contributed by atoms with E-state index in [-0.39, 0.29) is 36.2 Å². The summed E-state index contributed by atoms with van der Waals surface area (Å²) in [6.45, 7) is 4.04. The van der Waals surface area contributed by atoms with Crippen molar-refractivity contribution < 1.29 is 19.1 Å². The third-order valence-corrected chi connectivity index (χ3v) is 4.82. The number of carbonyl (C=O) groups is 2. The maximum Gasteiger partial charge on any atom is 0.245 e. The first-order valence-corrected chi connectivity index (χ1v) is 9.96.